The topological polar surface area (TPSA) is 21.7 Å². The fourth-order valence-corrected chi connectivity index (χ4v) is 6.69. The minimum Gasteiger partial charge on any atom is -0.277 e. The molecule has 0 aliphatic rings. The average Bonchev–Trinajstić information content (AvgIpc) is 3.58. The molecule has 0 amide bonds. The van der Waals surface area contributed by atoms with E-state index in [4.69, 9.17) is 4.98 Å². The quantitative estimate of drug-likeness (QED) is 0.220. The Balaban J connectivity index is 1.52. The van der Waals surface area contributed by atoms with Crippen LogP contribution in [0.5, 0.6) is 0 Å². The number of hydrogen-bond acceptors (Lipinski definition) is 1. The molecule has 0 saturated heterocycles. The lowest BCUT2D eigenvalue weighted by Crippen LogP contribution is -1.90. The van der Waals surface area contributed by atoms with E-state index in [1.54, 1.807) is 0 Å². The van der Waals surface area contributed by atoms with Gasteiger partial charge in [0.1, 0.15) is 0 Å². The van der Waals surface area contributed by atoms with Crippen LogP contribution < -0.4 is 0 Å². The van der Waals surface area contributed by atoms with Crippen LogP contribution >= 0.6 is 0 Å². The molecular formula is C36H25N3. The molecule has 0 N–H and O–H groups in total. The Kier molecular flexibility index (Phi) is 3.86. The van der Waals surface area contributed by atoms with Gasteiger partial charge in [0.05, 0.1) is 27.6 Å². The fourth-order valence-electron chi connectivity index (χ4n) is 6.69. The van der Waals surface area contributed by atoms with Crippen LogP contribution in [0.1, 0.15) is 16.7 Å². The van der Waals surface area contributed by atoms with Gasteiger partial charge in [0.2, 0.25) is 5.78 Å². The zero-order valence-electron chi connectivity index (χ0n) is 22.1. The first-order chi connectivity index (χ1) is 19.0. The summed E-state index contributed by atoms with van der Waals surface area (Å²) >= 11 is 0. The average molecular weight is 500 g/mol. The number of fused-ring (bicyclic) bond motifs is 10. The van der Waals surface area contributed by atoms with Gasteiger partial charge < -0.3 is 0 Å². The van der Waals surface area contributed by atoms with Gasteiger partial charge in [0, 0.05) is 10.8 Å². The molecule has 3 heterocycles. The molecule has 3 heteroatoms. The van der Waals surface area contributed by atoms with Gasteiger partial charge in [0.15, 0.2) is 0 Å². The van der Waals surface area contributed by atoms with Gasteiger partial charge in [-0.3, -0.25) is 8.80 Å². The Morgan fingerprint density at radius 3 is 1.79 bits per heavy atom. The first-order valence-corrected chi connectivity index (χ1v) is 13.6. The number of hydrogen-bond donors (Lipinski definition) is 0. The number of rotatable bonds is 1. The van der Waals surface area contributed by atoms with Crippen molar-refractivity contribution in [3.8, 4) is 11.1 Å². The summed E-state index contributed by atoms with van der Waals surface area (Å²) in [5.41, 5.74) is 12.3. The van der Waals surface area contributed by atoms with Crippen molar-refractivity contribution in [1.29, 1.82) is 0 Å². The zero-order chi connectivity index (χ0) is 26.0. The molecule has 0 radical (unpaired) electrons. The molecule has 0 fully saturated rings. The Morgan fingerprint density at radius 2 is 1.10 bits per heavy atom. The summed E-state index contributed by atoms with van der Waals surface area (Å²) in [6.07, 6.45) is 0. The van der Waals surface area contributed by atoms with Gasteiger partial charge in [0.25, 0.3) is 0 Å². The number of aromatic nitrogens is 3. The van der Waals surface area contributed by atoms with E-state index in [1.807, 2.05) is 0 Å². The lowest BCUT2D eigenvalue weighted by atomic mass is 9.95. The number of nitrogens with zero attached hydrogens (tertiary/aromatic N) is 3. The monoisotopic (exact) mass is 499 g/mol. The van der Waals surface area contributed by atoms with E-state index in [0.717, 1.165) is 16.8 Å². The van der Waals surface area contributed by atoms with Crippen molar-refractivity contribution in [1.82, 2.24) is 13.8 Å². The van der Waals surface area contributed by atoms with Crippen LogP contribution in [0, 0.1) is 20.8 Å². The highest BCUT2D eigenvalue weighted by molar-refractivity contribution is 6.20. The second kappa shape index (κ2) is 7.15. The SMILES string of the molecule is Cc1cc(-c2cc3c4cc5ccccc5cc4n4c3c(c2)n2c3cc5ccccc5cc3nc24)cc(C)c1C. The molecule has 0 aliphatic heterocycles. The van der Waals surface area contributed by atoms with Gasteiger partial charge in [-0.05, 0) is 107 Å². The molecule has 0 unspecified atom stereocenters. The van der Waals surface area contributed by atoms with Crippen molar-refractivity contribution in [3.05, 3.63) is 114 Å². The Labute approximate surface area is 224 Å². The molecule has 0 spiro atoms. The first kappa shape index (κ1) is 21.1. The van der Waals surface area contributed by atoms with Gasteiger partial charge in [-0.15, -0.1) is 0 Å². The summed E-state index contributed by atoms with van der Waals surface area (Å²) in [4.78, 5) is 5.25. The maximum atomic E-state index is 5.25. The summed E-state index contributed by atoms with van der Waals surface area (Å²) in [6, 6.07) is 35.9. The molecule has 0 saturated carbocycles. The van der Waals surface area contributed by atoms with Crippen molar-refractivity contribution in [2.45, 2.75) is 20.8 Å². The lowest BCUT2D eigenvalue weighted by Gasteiger charge is -2.10. The van der Waals surface area contributed by atoms with Crippen LogP contribution in [0.2, 0.25) is 0 Å². The number of imidazole rings is 2. The molecular weight excluding hydrogens is 474 g/mol. The maximum Gasteiger partial charge on any atom is 0.220 e. The van der Waals surface area contributed by atoms with E-state index in [0.29, 0.717) is 0 Å². The number of aryl methyl sites for hydroxylation is 2. The third-order valence-electron chi connectivity index (χ3n) is 8.91. The summed E-state index contributed by atoms with van der Waals surface area (Å²) in [6.45, 7) is 6.64. The molecule has 0 bridgehead atoms. The second-order valence-corrected chi connectivity index (χ2v) is 11.1. The Hall–Kier alpha value is -4.89. The van der Waals surface area contributed by atoms with Crippen LogP contribution in [0.4, 0.5) is 0 Å². The van der Waals surface area contributed by atoms with E-state index in [-0.39, 0.29) is 0 Å². The van der Waals surface area contributed by atoms with E-state index >= 15 is 0 Å². The molecule has 9 aromatic rings. The van der Waals surface area contributed by atoms with E-state index in [9.17, 15) is 0 Å². The highest BCUT2D eigenvalue weighted by atomic mass is 15.2. The van der Waals surface area contributed by atoms with Gasteiger partial charge in [-0.1, -0.05) is 60.7 Å². The third kappa shape index (κ3) is 2.69. The summed E-state index contributed by atoms with van der Waals surface area (Å²) in [5.74, 6) is 0.971. The normalized spacial score (nSPS) is 12.5. The van der Waals surface area contributed by atoms with Crippen LogP contribution in [0.3, 0.4) is 0 Å². The van der Waals surface area contributed by atoms with E-state index < -0.39 is 0 Å². The maximum absolute atomic E-state index is 5.25. The molecule has 39 heavy (non-hydrogen) atoms. The largest absolute Gasteiger partial charge is 0.277 e. The van der Waals surface area contributed by atoms with E-state index in [2.05, 4.69) is 127 Å². The summed E-state index contributed by atoms with van der Waals surface area (Å²) in [5, 5.41) is 7.51. The zero-order valence-corrected chi connectivity index (χ0v) is 22.1. The predicted octanol–water partition coefficient (Wildman–Crippen LogP) is 9.38. The summed E-state index contributed by atoms with van der Waals surface area (Å²) in [7, 11) is 0. The Bertz CT molecular complexity index is 2450. The molecule has 3 nitrogen and oxygen atoms in total. The third-order valence-corrected chi connectivity index (χ3v) is 8.91. The highest BCUT2D eigenvalue weighted by Gasteiger charge is 2.23. The fraction of sp³-hybridized carbons (Fsp3) is 0.0833. The molecule has 3 aromatic heterocycles. The Morgan fingerprint density at radius 1 is 0.513 bits per heavy atom. The summed E-state index contributed by atoms with van der Waals surface area (Å²) < 4.78 is 4.75. The van der Waals surface area contributed by atoms with Crippen molar-refractivity contribution < 1.29 is 0 Å². The van der Waals surface area contributed by atoms with E-state index in [1.165, 1.54) is 76.7 Å². The molecule has 0 atom stereocenters. The standard InChI is InChI=1S/C36H25N3/c1-20-12-27(13-21(2)22(20)3)28-15-30-29-14-23-8-4-6-10-25(23)17-32(29)39-35(30)34(19-28)38-33-18-26-11-7-5-9-24(26)16-31(33)37-36(38)39/h4-19H,1-3H3. The highest BCUT2D eigenvalue weighted by Crippen LogP contribution is 2.41. The van der Waals surface area contributed by atoms with Crippen molar-refractivity contribution in [2.75, 3.05) is 0 Å². The first-order valence-electron chi connectivity index (χ1n) is 13.6. The van der Waals surface area contributed by atoms with Crippen molar-refractivity contribution in [3.63, 3.8) is 0 Å². The molecule has 6 aromatic carbocycles. The van der Waals surface area contributed by atoms with Crippen molar-refractivity contribution in [2.24, 2.45) is 0 Å². The number of benzene rings is 6. The van der Waals surface area contributed by atoms with Gasteiger partial charge in [-0.25, -0.2) is 4.98 Å². The van der Waals surface area contributed by atoms with Crippen LogP contribution in [-0.4, -0.2) is 13.8 Å². The minimum atomic E-state index is 0.971. The van der Waals surface area contributed by atoms with Crippen LogP contribution in [0.15, 0.2) is 97.1 Å². The lowest BCUT2D eigenvalue weighted by molar-refractivity contribution is 1.22. The predicted molar refractivity (Wildman–Crippen MR) is 165 cm³/mol. The minimum absolute atomic E-state index is 0.971. The van der Waals surface area contributed by atoms with Crippen molar-refractivity contribution >= 4 is 65.7 Å². The van der Waals surface area contributed by atoms with Crippen LogP contribution in [-0.2, 0) is 0 Å². The molecule has 0 aliphatic carbocycles. The van der Waals surface area contributed by atoms with Gasteiger partial charge >= 0.3 is 0 Å². The van der Waals surface area contributed by atoms with Gasteiger partial charge in [-0.2, -0.15) is 0 Å². The van der Waals surface area contributed by atoms with Crippen LogP contribution in [0.25, 0.3) is 76.8 Å². The molecule has 9 rings (SSSR count). The molecule has 184 valence electrons. The smallest absolute Gasteiger partial charge is 0.220 e. The second-order valence-electron chi connectivity index (χ2n) is 11.1.